The van der Waals surface area contributed by atoms with Crippen LogP contribution in [0, 0.1) is 0 Å². The van der Waals surface area contributed by atoms with Gasteiger partial charge >= 0.3 is 0 Å². The highest BCUT2D eigenvalue weighted by Crippen LogP contribution is 2.32. The predicted molar refractivity (Wildman–Crippen MR) is 112 cm³/mol. The third-order valence-electron chi connectivity index (χ3n) is 5.69. The number of guanidine groups is 1. The summed E-state index contributed by atoms with van der Waals surface area (Å²) >= 11 is 0. The maximum absolute atomic E-state index is 6.34. The summed E-state index contributed by atoms with van der Waals surface area (Å²) in [5.74, 6) is 0.977. The highest BCUT2D eigenvalue weighted by atomic mass is 16.5. The number of hydrogen-bond acceptors (Lipinski definition) is 4. The summed E-state index contributed by atoms with van der Waals surface area (Å²) < 4.78 is 14.2. The average molecular weight is 392 g/mol. The van der Waals surface area contributed by atoms with Crippen molar-refractivity contribution in [2.24, 2.45) is 12.0 Å². The second kappa shape index (κ2) is 10.3. The van der Waals surface area contributed by atoms with Crippen molar-refractivity contribution >= 4 is 5.96 Å². The Kier molecular flexibility index (Phi) is 7.73. The topological polar surface area (TPSA) is 63.9 Å². The van der Waals surface area contributed by atoms with E-state index in [1.54, 1.807) is 0 Å². The Labute approximate surface area is 169 Å². The minimum absolute atomic E-state index is 0.0336. The van der Waals surface area contributed by atoms with Gasteiger partial charge in [-0.25, -0.2) is 0 Å². The molecule has 28 heavy (non-hydrogen) atoms. The number of aromatic nitrogens is 2. The van der Waals surface area contributed by atoms with E-state index < -0.39 is 0 Å². The van der Waals surface area contributed by atoms with E-state index in [9.17, 15) is 0 Å². The van der Waals surface area contributed by atoms with Gasteiger partial charge in [-0.3, -0.25) is 9.67 Å². The van der Waals surface area contributed by atoms with Crippen LogP contribution in [0.15, 0.2) is 17.4 Å². The number of nitrogens with zero attached hydrogens (tertiary/aromatic N) is 4. The lowest BCUT2D eigenvalue weighted by Crippen LogP contribution is -2.49. The molecule has 7 heteroatoms. The van der Waals surface area contributed by atoms with Crippen molar-refractivity contribution in [1.82, 2.24) is 20.0 Å². The van der Waals surface area contributed by atoms with Gasteiger partial charge in [0.1, 0.15) is 6.10 Å². The molecule has 1 aromatic rings. The van der Waals surface area contributed by atoms with Crippen molar-refractivity contribution in [1.29, 1.82) is 0 Å². The number of rotatable bonds is 7. The normalized spacial score (nSPS) is 23.0. The van der Waals surface area contributed by atoms with E-state index >= 15 is 0 Å². The Morgan fingerprint density at radius 2 is 2.18 bits per heavy atom. The number of ether oxygens (including phenoxy) is 2. The fourth-order valence-electron chi connectivity index (χ4n) is 4.16. The first kappa shape index (κ1) is 21.1. The zero-order valence-electron chi connectivity index (χ0n) is 17.8. The molecule has 2 heterocycles. The zero-order valence-corrected chi connectivity index (χ0v) is 17.8. The summed E-state index contributed by atoms with van der Waals surface area (Å²) in [6.45, 7) is 9.06. The monoisotopic (exact) mass is 391 g/mol. The molecular formula is C21H37N5O2. The molecule has 0 spiro atoms. The average Bonchev–Trinajstić information content (AvgIpc) is 3.17. The lowest BCUT2D eigenvalue weighted by atomic mass is 9.84. The quantitative estimate of drug-likeness (QED) is 0.572. The smallest absolute Gasteiger partial charge is 0.194 e. The summed E-state index contributed by atoms with van der Waals surface area (Å²) in [6, 6.07) is 0. The van der Waals surface area contributed by atoms with Crippen LogP contribution in [-0.4, -0.2) is 65.6 Å². The first-order valence-electron chi connectivity index (χ1n) is 10.9. The lowest BCUT2D eigenvalue weighted by molar-refractivity contribution is -0.0627. The van der Waals surface area contributed by atoms with Gasteiger partial charge in [0.15, 0.2) is 5.96 Å². The Hall–Kier alpha value is -1.60. The van der Waals surface area contributed by atoms with Crippen LogP contribution < -0.4 is 5.32 Å². The van der Waals surface area contributed by atoms with Crippen molar-refractivity contribution < 1.29 is 9.47 Å². The molecule has 0 aromatic carbocycles. The minimum Gasteiger partial charge on any atom is -0.373 e. The molecule has 0 bridgehead atoms. The molecule has 1 aliphatic carbocycles. The molecule has 2 fully saturated rings. The molecule has 1 saturated carbocycles. The van der Waals surface area contributed by atoms with Crippen molar-refractivity contribution in [2.45, 2.75) is 64.1 Å². The predicted octanol–water partition coefficient (Wildman–Crippen LogP) is 2.89. The second-order valence-corrected chi connectivity index (χ2v) is 8.02. The Balaban J connectivity index is 1.70. The molecule has 1 aromatic heterocycles. The number of morpholine rings is 1. The Morgan fingerprint density at radius 1 is 1.36 bits per heavy atom. The third-order valence-corrected chi connectivity index (χ3v) is 5.69. The highest BCUT2D eigenvalue weighted by Gasteiger charge is 2.33. The summed E-state index contributed by atoms with van der Waals surface area (Å²) in [6.07, 6.45) is 11.1. The highest BCUT2D eigenvalue weighted by molar-refractivity contribution is 5.80. The zero-order chi connectivity index (χ0) is 19.8. The third kappa shape index (κ3) is 5.47. The van der Waals surface area contributed by atoms with Crippen molar-refractivity contribution in [3.63, 3.8) is 0 Å². The van der Waals surface area contributed by atoms with E-state index in [1.807, 2.05) is 24.1 Å². The molecule has 1 aliphatic heterocycles. The molecule has 3 rings (SSSR count). The number of nitrogens with one attached hydrogen (secondary N) is 1. The van der Waals surface area contributed by atoms with Gasteiger partial charge in [0, 0.05) is 38.5 Å². The van der Waals surface area contributed by atoms with Crippen LogP contribution >= 0.6 is 0 Å². The largest absolute Gasteiger partial charge is 0.373 e. The number of aryl methyl sites for hydroxylation is 1. The fourth-order valence-corrected chi connectivity index (χ4v) is 4.16. The van der Waals surface area contributed by atoms with Crippen molar-refractivity contribution in [3.05, 3.63) is 18.0 Å². The van der Waals surface area contributed by atoms with Gasteiger partial charge in [-0.2, -0.15) is 5.10 Å². The van der Waals surface area contributed by atoms with E-state index in [-0.39, 0.29) is 11.7 Å². The van der Waals surface area contributed by atoms with E-state index in [0.717, 1.165) is 63.6 Å². The molecule has 7 nitrogen and oxygen atoms in total. The molecule has 158 valence electrons. The molecule has 2 aliphatic rings. The first-order chi connectivity index (χ1) is 13.7. The Bertz CT molecular complexity index is 624. The molecule has 1 atom stereocenters. The SMILES string of the molecule is CCCOC1(CN=C(NCC)N2CCOC(c3cnn(C)c3)C2)CCCCC1. The van der Waals surface area contributed by atoms with Gasteiger partial charge in [0.05, 0.1) is 31.5 Å². The van der Waals surface area contributed by atoms with Crippen LogP contribution in [0.2, 0.25) is 0 Å². The van der Waals surface area contributed by atoms with E-state index in [4.69, 9.17) is 14.5 Å². The second-order valence-electron chi connectivity index (χ2n) is 8.02. The van der Waals surface area contributed by atoms with Gasteiger partial charge < -0.3 is 19.7 Å². The van der Waals surface area contributed by atoms with E-state index in [1.165, 1.54) is 19.3 Å². The standard InChI is InChI=1S/C21H37N5O2/c1-4-12-28-21(9-7-6-8-10-21)17-23-20(22-5-2)26-11-13-27-19(16-26)18-14-24-25(3)15-18/h14-15,19H,4-13,16-17H2,1-3H3,(H,22,23). The van der Waals surface area contributed by atoms with Crippen LogP contribution in [0.3, 0.4) is 0 Å². The van der Waals surface area contributed by atoms with Gasteiger partial charge in [0.2, 0.25) is 0 Å². The molecule has 0 radical (unpaired) electrons. The number of hydrogen-bond donors (Lipinski definition) is 1. The van der Waals surface area contributed by atoms with Gasteiger partial charge in [-0.15, -0.1) is 0 Å². The van der Waals surface area contributed by atoms with Crippen molar-refractivity contribution in [3.8, 4) is 0 Å². The maximum Gasteiger partial charge on any atom is 0.194 e. The van der Waals surface area contributed by atoms with Gasteiger partial charge in [-0.1, -0.05) is 26.2 Å². The van der Waals surface area contributed by atoms with Crippen LogP contribution in [0.4, 0.5) is 0 Å². The first-order valence-corrected chi connectivity index (χ1v) is 10.9. The van der Waals surface area contributed by atoms with Crippen molar-refractivity contribution in [2.75, 3.05) is 39.4 Å². The molecule has 0 amide bonds. The Morgan fingerprint density at radius 3 is 2.86 bits per heavy atom. The molecule has 1 unspecified atom stereocenters. The minimum atomic E-state index is -0.0794. The van der Waals surface area contributed by atoms with Crippen LogP contribution in [0.25, 0.3) is 0 Å². The summed E-state index contributed by atoms with van der Waals surface area (Å²) in [4.78, 5) is 7.37. The maximum atomic E-state index is 6.34. The molecule has 1 saturated heterocycles. The summed E-state index contributed by atoms with van der Waals surface area (Å²) in [5.41, 5.74) is 1.04. The van der Waals surface area contributed by atoms with Crippen LogP contribution in [0.1, 0.15) is 64.0 Å². The number of aliphatic imine (C=N–C) groups is 1. The summed E-state index contributed by atoms with van der Waals surface area (Å²) in [7, 11) is 1.94. The van der Waals surface area contributed by atoms with E-state index in [0.29, 0.717) is 6.61 Å². The fraction of sp³-hybridized carbons (Fsp3) is 0.810. The van der Waals surface area contributed by atoms with E-state index in [2.05, 4.69) is 29.2 Å². The van der Waals surface area contributed by atoms with Gasteiger partial charge in [-0.05, 0) is 26.2 Å². The lowest BCUT2D eigenvalue weighted by Gasteiger charge is -2.38. The van der Waals surface area contributed by atoms with Gasteiger partial charge in [0.25, 0.3) is 0 Å². The molecule has 1 N–H and O–H groups in total. The van der Waals surface area contributed by atoms with Crippen LogP contribution in [0.5, 0.6) is 0 Å². The van der Waals surface area contributed by atoms with Crippen LogP contribution in [-0.2, 0) is 16.5 Å². The summed E-state index contributed by atoms with van der Waals surface area (Å²) in [5, 5.41) is 7.78. The molecular weight excluding hydrogens is 354 g/mol.